The molecule has 0 aromatic carbocycles. The molecule has 0 aromatic rings. The maximum Gasteiger partial charge on any atom is 0.120 e. The van der Waals surface area contributed by atoms with Crippen molar-refractivity contribution in [2.75, 3.05) is 0 Å². The second-order valence-electron chi connectivity index (χ2n) is 4.05. The molecule has 0 amide bonds. The van der Waals surface area contributed by atoms with Crippen LogP contribution in [0.15, 0.2) is 29.0 Å². The van der Waals surface area contributed by atoms with Gasteiger partial charge in [-0.15, -0.1) is 5.73 Å². The van der Waals surface area contributed by atoms with Crippen molar-refractivity contribution in [2.45, 2.75) is 51.9 Å². The molecule has 1 heteroatoms. The Bertz CT molecular complexity index is 290. The molecule has 0 aromatic heterocycles. The van der Waals surface area contributed by atoms with E-state index < -0.39 is 0 Å². The van der Waals surface area contributed by atoms with Gasteiger partial charge in [-0.1, -0.05) is 6.08 Å². The zero-order chi connectivity index (χ0) is 10.9. The summed E-state index contributed by atoms with van der Waals surface area (Å²) in [5.74, 6) is 0. The summed E-state index contributed by atoms with van der Waals surface area (Å²) in [7, 11) is 0. The topological polar surface area (TPSA) is 17.1 Å². The molecular formula is C14H20O. The molecular weight excluding hydrogens is 184 g/mol. The van der Waals surface area contributed by atoms with Crippen LogP contribution >= 0.6 is 0 Å². The van der Waals surface area contributed by atoms with Gasteiger partial charge in [0.1, 0.15) is 6.29 Å². The van der Waals surface area contributed by atoms with Gasteiger partial charge in [0.25, 0.3) is 0 Å². The van der Waals surface area contributed by atoms with E-state index in [-0.39, 0.29) is 0 Å². The lowest BCUT2D eigenvalue weighted by Crippen LogP contribution is -1.92. The van der Waals surface area contributed by atoms with Gasteiger partial charge >= 0.3 is 0 Å². The molecule has 0 spiro atoms. The summed E-state index contributed by atoms with van der Waals surface area (Å²) in [6.07, 6.45) is 13.0. The van der Waals surface area contributed by atoms with E-state index >= 15 is 0 Å². The van der Waals surface area contributed by atoms with Crippen LogP contribution in [0, 0.1) is 0 Å². The van der Waals surface area contributed by atoms with Crippen LogP contribution < -0.4 is 0 Å². The van der Waals surface area contributed by atoms with Gasteiger partial charge in [0.05, 0.1) is 0 Å². The lowest BCUT2D eigenvalue weighted by molar-refractivity contribution is -0.107. The first-order chi connectivity index (χ1) is 7.34. The minimum atomic E-state index is 0.667. The fraction of sp³-hybridized carbons (Fsp3) is 0.571. The second kappa shape index (κ2) is 7.25. The molecule has 15 heavy (non-hydrogen) atoms. The van der Waals surface area contributed by atoms with Gasteiger partial charge in [-0.3, -0.25) is 0 Å². The van der Waals surface area contributed by atoms with Crippen molar-refractivity contribution in [3.8, 4) is 0 Å². The Morgan fingerprint density at radius 1 is 1.47 bits per heavy atom. The van der Waals surface area contributed by atoms with E-state index in [1.807, 2.05) is 0 Å². The van der Waals surface area contributed by atoms with Gasteiger partial charge in [-0.25, -0.2) is 0 Å². The van der Waals surface area contributed by atoms with E-state index in [0.29, 0.717) is 6.42 Å². The third-order valence-corrected chi connectivity index (χ3v) is 2.76. The highest BCUT2D eigenvalue weighted by Gasteiger charge is 2.03. The molecule has 1 aliphatic carbocycles. The Kier molecular flexibility index (Phi) is 5.80. The number of carbonyl (C=O) groups excluding carboxylic acids is 1. The van der Waals surface area contributed by atoms with Crippen LogP contribution in [0.25, 0.3) is 0 Å². The fourth-order valence-electron chi connectivity index (χ4n) is 1.80. The minimum absolute atomic E-state index is 0.667. The monoisotopic (exact) mass is 204 g/mol. The quantitative estimate of drug-likeness (QED) is 0.376. The van der Waals surface area contributed by atoms with Crippen LogP contribution in [0.3, 0.4) is 0 Å². The molecule has 1 nitrogen and oxygen atoms in total. The highest BCUT2D eigenvalue weighted by Crippen LogP contribution is 2.22. The summed E-state index contributed by atoms with van der Waals surface area (Å²) in [5, 5.41) is 0. The zero-order valence-corrected chi connectivity index (χ0v) is 9.59. The van der Waals surface area contributed by atoms with Crippen LogP contribution in [-0.4, -0.2) is 6.29 Å². The average Bonchev–Trinajstić information content (AvgIpc) is 2.30. The first-order valence-electron chi connectivity index (χ1n) is 5.89. The van der Waals surface area contributed by atoms with Crippen molar-refractivity contribution < 1.29 is 4.79 Å². The summed E-state index contributed by atoms with van der Waals surface area (Å²) in [6.45, 7) is 2.13. The molecule has 0 aliphatic heterocycles. The van der Waals surface area contributed by atoms with E-state index in [0.717, 1.165) is 19.1 Å². The molecule has 1 rings (SSSR count). The van der Waals surface area contributed by atoms with Crippen LogP contribution in [-0.2, 0) is 4.79 Å². The van der Waals surface area contributed by atoms with Crippen molar-refractivity contribution in [3.63, 3.8) is 0 Å². The second-order valence-corrected chi connectivity index (χ2v) is 4.05. The molecule has 0 fully saturated rings. The lowest BCUT2D eigenvalue weighted by Gasteiger charge is -2.11. The molecule has 1 aliphatic rings. The third kappa shape index (κ3) is 4.80. The largest absolute Gasteiger partial charge is 0.303 e. The number of allylic oxidation sites excluding steroid dienone is 3. The molecule has 82 valence electrons. The van der Waals surface area contributed by atoms with Crippen LogP contribution in [0.5, 0.6) is 0 Å². The average molecular weight is 204 g/mol. The number of unbranched alkanes of at least 4 members (excludes halogenated alkanes) is 2. The van der Waals surface area contributed by atoms with Gasteiger partial charge in [0.2, 0.25) is 0 Å². The summed E-state index contributed by atoms with van der Waals surface area (Å²) < 4.78 is 0. The SMILES string of the molecule is CC(=C=CCCCC=O)C1=CCCCC1. The molecule has 0 N–H and O–H groups in total. The molecule has 0 heterocycles. The minimum Gasteiger partial charge on any atom is -0.303 e. The summed E-state index contributed by atoms with van der Waals surface area (Å²) in [5.41, 5.74) is 6.06. The fourth-order valence-corrected chi connectivity index (χ4v) is 1.80. The van der Waals surface area contributed by atoms with Gasteiger partial charge in [0.15, 0.2) is 0 Å². The Balaban J connectivity index is 2.43. The van der Waals surface area contributed by atoms with Crippen molar-refractivity contribution >= 4 is 6.29 Å². The van der Waals surface area contributed by atoms with Crippen molar-refractivity contribution in [2.24, 2.45) is 0 Å². The third-order valence-electron chi connectivity index (χ3n) is 2.76. The first-order valence-corrected chi connectivity index (χ1v) is 5.89. The molecule has 0 bridgehead atoms. The van der Waals surface area contributed by atoms with E-state index in [9.17, 15) is 4.79 Å². The summed E-state index contributed by atoms with van der Waals surface area (Å²) in [6, 6.07) is 0. The number of carbonyl (C=O) groups is 1. The molecule has 0 saturated carbocycles. The van der Waals surface area contributed by atoms with Crippen molar-refractivity contribution in [1.82, 2.24) is 0 Å². The Labute approximate surface area is 92.6 Å². The first kappa shape index (κ1) is 12.0. The summed E-state index contributed by atoms with van der Waals surface area (Å²) >= 11 is 0. The predicted molar refractivity (Wildman–Crippen MR) is 63.7 cm³/mol. The molecule has 0 saturated heterocycles. The standard InChI is InChI=1S/C14H20O/c1-13(9-5-2-3-8-12-15)14-10-6-4-7-11-14/h5,10,12H,2-4,6-8,11H2,1H3. The number of hydrogen-bond donors (Lipinski definition) is 0. The highest BCUT2D eigenvalue weighted by molar-refractivity contribution is 5.49. The molecule has 0 atom stereocenters. The Morgan fingerprint density at radius 2 is 2.33 bits per heavy atom. The maximum absolute atomic E-state index is 10.1. The van der Waals surface area contributed by atoms with Crippen LogP contribution in [0.2, 0.25) is 0 Å². The van der Waals surface area contributed by atoms with E-state index in [1.54, 1.807) is 0 Å². The van der Waals surface area contributed by atoms with Crippen LogP contribution in [0.1, 0.15) is 51.9 Å². The smallest absolute Gasteiger partial charge is 0.120 e. The van der Waals surface area contributed by atoms with Crippen molar-refractivity contribution in [1.29, 1.82) is 0 Å². The lowest BCUT2D eigenvalue weighted by atomic mass is 9.95. The van der Waals surface area contributed by atoms with Crippen molar-refractivity contribution in [3.05, 3.63) is 29.0 Å². The molecule has 0 radical (unpaired) electrons. The number of hydrogen-bond acceptors (Lipinski definition) is 1. The highest BCUT2D eigenvalue weighted by atomic mass is 16.1. The van der Waals surface area contributed by atoms with E-state index in [1.165, 1.54) is 36.8 Å². The van der Waals surface area contributed by atoms with Crippen LogP contribution in [0.4, 0.5) is 0 Å². The predicted octanol–water partition coefficient (Wildman–Crippen LogP) is 3.96. The molecule has 0 unspecified atom stereocenters. The summed E-state index contributed by atoms with van der Waals surface area (Å²) in [4.78, 5) is 10.1. The number of aldehydes is 1. The van der Waals surface area contributed by atoms with E-state index in [2.05, 4.69) is 24.8 Å². The Hall–Kier alpha value is -1.07. The zero-order valence-electron chi connectivity index (χ0n) is 9.59. The Morgan fingerprint density at radius 3 is 3.00 bits per heavy atom. The number of rotatable bonds is 5. The van der Waals surface area contributed by atoms with Gasteiger partial charge in [-0.05, 0) is 62.7 Å². The van der Waals surface area contributed by atoms with Gasteiger partial charge in [-0.2, -0.15) is 0 Å². The van der Waals surface area contributed by atoms with E-state index in [4.69, 9.17) is 0 Å². The maximum atomic E-state index is 10.1. The van der Waals surface area contributed by atoms with Gasteiger partial charge in [0, 0.05) is 6.42 Å². The normalized spacial score (nSPS) is 15.1. The van der Waals surface area contributed by atoms with Gasteiger partial charge < -0.3 is 4.79 Å².